The fraction of sp³-hybridized carbons (Fsp3) is 0.371. The van der Waals surface area contributed by atoms with Crippen LogP contribution in [0.5, 0.6) is 5.75 Å². The van der Waals surface area contributed by atoms with Crippen molar-refractivity contribution in [3.05, 3.63) is 104 Å². The molecule has 3 aromatic rings. The molecule has 1 heterocycles. The minimum Gasteiger partial charge on any atom is -0.509 e. The molecule has 1 unspecified atom stereocenters. The summed E-state index contributed by atoms with van der Waals surface area (Å²) in [5.74, 6) is 0.922. The maximum atomic E-state index is 12.6. The number of benzene rings is 3. The SMILES string of the molecule is OC1=C(c2ccc3c(c2)CCCC(c2ccc(Cl)cc2Cl)=C3c2ccc(O[C@H]3CCN(CCCF)C3)cc2)CCC1O. The smallest absolute Gasteiger partial charge is 0.125 e. The first-order chi connectivity index (χ1) is 20.4. The second-order valence-corrected chi connectivity index (χ2v) is 12.4. The van der Waals surface area contributed by atoms with Crippen molar-refractivity contribution in [3.8, 4) is 5.75 Å². The third-order valence-electron chi connectivity index (χ3n) is 8.73. The van der Waals surface area contributed by atoms with Crippen LogP contribution in [0.1, 0.15) is 66.3 Å². The lowest BCUT2D eigenvalue weighted by atomic mass is 9.86. The van der Waals surface area contributed by atoms with Gasteiger partial charge in [-0.25, -0.2) is 0 Å². The average molecular weight is 609 g/mol. The van der Waals surface area contributed by atoms with E-state index in [2.05, 4.69) is 35.2 Å². The summed E-state index contributed by atoms with van der Waals surface area (Å²) in [4.78, 5) is 2.27. The van der Waals surface area contributed by atoms with Crippen LogP contribution in [0.25, 0.3) is 16.7 Å². The van der Waals surface area contributed by atoms with Crippen molar-refractivity contribution in [1.82, 2.24) is 4.90 Å². The van der Waals surface area contributed by atoms with Gasteiger partial charge >= 0.3 is 0 Å². The molecule has 42 heavy (non-hydrogen) atoms. The number of rotatable bonds is 8. The number of fused-ring (bicyclic) bond motifs is 1. The van der Waals surface area contributed by atoms with Crippen molar-refractivity contribution in [2.45, 2.75) is 57.2 Å². The van der Waals surface area contributed by atoms with Gasteiger partial charge in [0.25, 0.3) is 0 Å². The van der Waals surface area contributed by atoms with Gasteiger partial charge in [0.2, 0.25) is 0 Å². The van der Waals surface area contributed by atoms with E-state index in [-0.39, 0.29) is 18.5 Å². The Morgan fingerprint density at radius 3 is 2.40 bits per heavy atom. The van der Waals surface area contributed by atoms with Crippen LogP contribution in [0, 0.1) is 0 Å². The summed E-state index contributed by atoms with van der Waals surface area (Å²) in [5, 5.41) is 21.8. The van der Waals surface area contributed by atoms with Gasteiger partial charge in [0.1, 0.15) is 23.7 Å². The van der Waals surface area contributed by atoms with Gasteiger partial charge in [0.05, 0.1) is 6.67 Å². The van der Waals surface area contributed by atoms with E-state index in [4.69, 9.17) is 27.9 Å². The van der Waals surface area contributed by atoms with Crippen LogP contribution < -0.4 is 4.74 Å². The van der Waals surface area contributed by atoms with Gasteiger partial charge in [0.15, 0.2) is 0 Å². The summed E-state index contributed by atoms with van der Waals surface area (Å²) in [6.07, 6.45) is 4.73. The quantitative estimate of drug-likeness (QED) is 0.269. The highest BCUT2D eigenvalue weighted by molar-refractivity contribution is 6.36. The van der Waals surface area contributed by atoms with Crippen molar-refractivity contribution >= 4 is 39.9 Å². The summed E-state index contributed by atoms with van der Waals surface area (Å²) in [6.45, 7) is 2.26. The maximum Gasteiger partial charge on any atom is 0.125 e. The van der Waals surface area contributed by atoms with Gasteiger partial charge in [-0.05, 0) is 114 Å². The molecule has 6 rings (SSSR count). The number of aliphatic hydroxyl groups is 2. The van der Waals surface area contributed by atoms with E-state index in [1.807, 2.05) is 24.3 Å². The standard InChI is InChI=1S/C35H36Cl2FNO3/c36-25-8-12-30(32(37)20-25)31-4-1-3-23-19-24(29-13-14-33(40)35(29)41)7-11-28(23)34(31)22-5-9-26(10-6-22)42-27-15-18-39(21-27)17-2-16-38/h5-12,19-20,27,33,40-41H,1-4,13-18,21H2/t27-,33?/m0/s1. The largest absolute Gasteiger partial charge is 0.509 e. The molecule has 0 radical (unpaired) electrons. The predicted molar refractivity (Wildman–Crippen MR) is 169 cm³/mol. The molecule has 3 aliphatic rings. The van der Waals surface area contributed by atoms with Crippen molar-refractivity contribution < 1.29 is 19.3 Å². The Balaban J connectivity index is 1.37. The summed E-state index contributed by atoms with van der Waals surface area (Å²) in [5.41, 5.74) is 8.52. The Hall–Kier alpha value is -2.83. The number of nitrogens with zero attached hydrogens (tertiary/aromatic N) is 1. The van der Waals surface area contributed by atoms with E-state index < -0.39 is 6.10 Å². The number of aryl methyl sites for hydroxylation is 1. The number of allylic oxidation sites excluding steroid dienone is 2. The third-order valence-corrected chi connectivity index (χ3v) is 9.28. The Morgan fingerprint density at radius 1 is 0.881 bits per heavy atom. The minimum atomic E-state index is -0.781. The van der Waals surface area contributed by atoms with Crippen LogP contribution >= 0.6 is 23.2 Å². The Morgan fingerprint density at radius 2 is 1.67 bits per heavy atom. The molecule has 0 aromatic heterocycles. The second kappa shape index (κ2) is 12.8. The number of hydrogen-bond donors (Lipinski definition) is 2. The van der Waals surface area contributed by atoms with Crippen LogP contribution in [0.2, 0.25) is 10.0 Å². The first kappa shape index (κ1) is 29.3. The maximum absolute atomic E-state index is 12.6. The van der Waals surface area contributed by atoms with Gasteiger partial charge in [-0.3, -0.25) is 9.29 Å². The van der Waals surface area contributed by atoms with Crippen molar-refractivity contribution in [3.63, 3.8) is 0 Å². The van der Waals surface area contributed by atoms with Crippen LogP contribution in [0.3, 0.4) is 0 Å². The van der Waals surface area contributed by atoms with Crippen LogP contribution in [-0.2, 0) is 6.42 Å². The molecule has 2 atom stereocenters. The van der Waals surface area contributed by atoms with Crippen LogP contribution in [0.15, 0.2) is 66.4 Å². The van der Waals surface area contributed by atoms with Crippen LogP contribution in [-0.4, -0.2) is 53.6 Å². The molecule has 0 spiro atoms. The molecule has 1 fully saturated rings. The molecule has 0 saturated carbocycles. The van der Waals surface area contributed by atoms with Gasteiger partial charge in [0, 0.05) is 29.7 Å². The van der Waals surface area contributed by atoms with E-state index >= 15 is 0 Å². The Bertz CT molecular complexity index is 1520. The zero-order valence-corrected chi connectivity index (χ0v) is 25.1. The number of aliphatic hydroxyl groups excluding tert-OH is 2. The molecule has 2 N–H and O–H groups in total. The molecule has 3 aromatic carbocycles. The molecule has 0 amide bonds. The number of alkyl halides is 1. The molecule has 1 saturated heterocycles. The highest BCUT2D eigenvalue weighted by atomic mass is 35.5. The fourth-order valence-corrected chi connectivity index (χ4v) is 7.14. The van der Waals surface area contributed by atoms with E-state index in [0.717, 1.165) is 84.5 Å². The lowest BCUT2D eigenvalue weighted by molar-refractivity contribution is 0.159. The zero-order chi connectivity index (χ0) is 29.2. The molecule has 2 aliphatic carbocycles. The van der Waals surface area contributed by atoms with E-state index in [9.17, 15) is 14.6 Å². The van der Waals surface area contributed by atoms with Gasteiger partial charge in [-0.1, -0.05) is 59.6 Å². The molecule has 4 nitrogen and oxygen atoms in total. The molecule has 1 aliphatic heterocycles. The van der Waals surface area contributed by atoms with Crippen molar-refractivity contribution in [1.29, 1.82) is 0 Å². The monoisotopic (exact) mass is 607 g/mol. The topological polar surface area (TPSA) is 52.9 Å². The first-order valence-electron chi connectivity index (χ1n) is 14.9. The average Bonchev–Trinajstić information content (AvgIpc) is 3.52. The Kier molecular flexibility index (Phi) is 8.92. The normalized spacial score (nSPS) is 21.1. The highest BCUT2D eigenvalue weighted by Crippen LogP contribution is 2.44. The number of halogens is 3. The van der Waals surface area contributed by atoms with Crippen molar-refractivity contribution in [2.75, 3.05) is 26.3 Å². The third kappa shape index (κ3) is 6.12. The second-order valence-electron chi connectivity index (χ2n) is 11.5. The Labute approximate surface area is 257 Å². The highest BCUT2D eigenvalue weighted by Gasteiger charge is 2.27. The minimum absolute atomic E-state index is 0.0939. The zero-order valence-electron chi connectivity index (χ0n) is 23.6. The van der Waals surface area contributed by atoms with Gasteiger partial charge < -0.3 is 14.9 Å². The summed E-state index contributed by atoms with van der Waals surface area (Å²) in [6, 6.07) is 20.4. The van der Waals surface area contributed by atoms with Crippen LogP contribution in [0.4, 0.5) is 4.39 Å². The molecular weight excluding hydrogens is 572 g/mol. The molecular formula is C35H36Cl2FNO3. The lowest BCUT2D eigenvalue weighted by Crippen LogP contribution is -2.26. The van der Waals surface area contributed by atoms with E-state index in [1.54, 1.807) is 6.07 Å². The van der Waals surface area contributed by atoms with Crippen molar-refractivity contribution in [2.24, 2.45) is 0 Å². The fourth-order valence-electron chi connectivity index (χ4n) is 6.62. The first-order valence-corrected chi connectivity index (χ1v) is 15.6. The number of hydrogen-bond acceptors (Lipinski definition) is 4. The van der Waals surface area contributed by atoms with E-state index in [0.29, 0.717) is 29.3 Å². The predicted octanol–water partition coefficient (Wildman–Crippen LogP) is 8.53. The number of likely N-dealkylation sites (tertiary alicyclic amines) is 1. The van der Waals surface area contributed by atoms with Gasteiger partial charge in [-0.2, -0.15) is 0 Å². The molecule has 220 valence electrons. The lowest BCUT2D eigenvalue weighted by Gasteiger charge is -2.19. The molecule has 7 heteroatoms. The van der Waals surface area contributed by atoms with Gasteiger partial charge in [-0.15, -0.1) is 0 Å². The molecule has 0 bridgehead atoms. The van der Waals surface area contributed by atoms with E-state index in [1.165, 1.54) is 11.1 Å². The summed E-state index contributed by atoms with van der Waals surface area (Å²) in [7, 11) is 0. The number of ether oxygens (including phenoxy) is 1. The summed E-state index contributed by atoms with van der Waals surface area (Å²) < 4.78 is 18.9. The summed E-state index contributed by atoms with van der Waals surface area (Å²) >= 11 is 13.0.